The van der Waals surface area contributed by atoms with E-state index >= 15 is 0 Å². The number of thioether (sulfide) groups is 1. The second-order valence-corrected chi connectivity index (χ2v) is 8.56. The van der Waals surface area contributed by atoms with Gasteiger partial charge in [-0.2, -0.15) is 0 Å². The molecule has 0 saturated carbocycles. The van der Waals surface area contributed by atoms with Crippen molar-refractivity contribution in [1.82, 2.24) is 14.8 Å². The van der Waals surface area contributed by atoms with Crippen LogP contribution in [0.25, 0.3) is 0 Å². The quantitative estimate of drug-likeness (QED) is 0.504. The molecule has 0 bridgehead atoms. The van der Waals surface area contributed by atoms with Gasteiger partial charge in [0, 0.05) is 12.3 Å². The molecular formula is C19H20N4O2S2. The molecule has 1 N–H and O–H groups in total. The lowest BCUT2D eigenvalue weighted by molar-refractivity contribution is 0.102. The third kappa shape index (κ3) is 4.84. The zero-order chi connectivity index (χ0) is 19.4. The summed E-state index contributed by atoms with van der Waals surface area (Å²) in [6, 6.07) is 9.08. The molecule has 0 aliphatic rings. The van der Waals surface area contributed by atoms with E-state index in [4.69, 9.17) is 0 Å². The van der Waals surface area contributed by atoms with Crippen LogP contribution in [0.2, 0.25) is 0 Å². The second-order valence-electron chi connectivity index (χ2n) is 6.07. The zero-order valence-electron chi connectivity index (χ0n) is 15.4. The maximum atomic E-state index is 12.5. The topological polar surface area (TPSA) is 76.9 Å². The predicted molar refractivity (Wildman–Crippen MR) is 110 cm³/mol. The standard InChI is InChI=1S/C19H20N4O2S2/c1-4-26-19-22-21-18(27-19)20-17(25)14-7-8-16(24)23(10-14)11-15-9-12(2)5-6-13(15)3/h5-10H,4,11H2,1-3H3,(H,20,21,25). The number of amides is 1. The fraction of sp³-hybridized carbons (Fsp3) is 0.263. The summed E-state index contributed by atoms with van der Waals surface area (Å²) >= 11 is 2.91. The highest BCUT2D eigenvalue weighted by Gasteiger charge is 2.12. The number of anilines is 1. The summed E-state index contributed by atoms with van der Waals surface area (Å²) in [5.74, 6) is 0.584. The van der Waals surface area contributed by atoms with Crippen LogP contribution >= 0.6 is 23.1 Å². The Morgan fingerprint density at radius 2 is 2.04 bits per heavy atom. The van der Waals surface area contributed by atoms with Gasteiger partial charge in [0.2, 0.25) is 5.13 Å². The Bertz CT molecular complexity index is 1030. The zero-order valence-corrected chi connectivity index (χ0v) is 17.0. The number of benzene rings is 1. The third-order valence-corrected chi connectivity index (χ3v) is 5.84. The molecule has 8 heteroatoms. The molecule has 0 aliphatic carbocycles. The van der Waals surface area contributed by atoms with Crippen LogP contribution in [-0.2, 0) is 6.54 Å². The van der Waals surface area contributed by atoms with E-state index in [0.717, 1.165) is 26.8 Å². The van der Waals surface area contributed by atoms with Gasteiger partial charge in [-0.25, -0.2) is 0 Å². The predicted octanol–water partition coefficient (Wildman–Crippen LogP) is 3.73. The molecule has 0 atom stereocenters. The molecule has 2 heterocycles. The van der Waals surface area contributed by atoms with Gasteiger partial charge in [-0.3, -0.25) is 14.9 Å². The molecule has 1 aromatic carbocycles. The Labute approximate surface area is 165 Å². The summed E-state index contributed by atoms with van der Waals surface area (Å²) in [5, 5.41) is 11.2. The molecule has 3 aromatic rings. The third-order valence-electron chi connectivity index (χ3n) is 3.99. The molecule has 140 valence electrons. The van der Waals surface area contributed by atoms with E-state index in [1.54, 1.807) is 22.5 Å². The van der Waals surface area contributed by atoms with Crippen molar-refractivity contribution >= 4 is 34.1 Å². The lowest BCUT2D eigenvalue weighted by Gasteiger charge is -2.11. The SMILES string of the molecule is CCSc1nnc(NC(=O)c2ccc(=O)n(Cc3cc(C)ccc3C)c2)s1. The van der Waals surface area contributed by atoms with Gasteiger partial charge in [-0.15, -0.1) is 10.2 Å². The van der Waals surface area contributed by atoms with Gasteiger partial charge in [0.15, 0.2) is 4.34 Å². The van der Waals surface area contributed by atoms with E-state index in [2.05, 4.69) is 21.6 Å². The minimum absolute atomic E-state index is 0.148. The molecule has 0 radical (unpaired) electrons. The van der Waals surface area contributed by atoms with Crippen LogP contribution in [0, 0.1) is 13.8 Å². The monoisotopic (exact) mass is 400 g/mol. The molecule has 1 amide bonds. The number of nitrogens with zero attached hydrogens (tertiary/aromatic N) is 3. The highest BCUT2D eigenvalue weighted by molar-refractivity contribution is 8.01. The van der Waals surface area contributed by atoms with Gasteiger partial charge >= 0.3 is 0 Å². The average Bonchev–Trinajstić information content (AvgIpc) is 3.07. The van der Waals surface area contributed by atoms with Crippen molar-refractivity contribution < 1.29 is 4.79 Å². The van der Waals surface area contributed by atoms with Crippen molar-refractivity contribution in [2.75, 3.05) is 11.1 Å². The van der Waals surface area contributed by atoms with E-state index < -0.39 is 0 Å². The number of aryl methyl sites for hydroxylation is 2. The summed E-state index contributed by atoms with van der Waals surface area (Å²) < 4.78 is 2.36. The Morgan fingerprint density at radius 1 is 1.22 bits per heavy atom. The van der Waals surface area contributed by atoms with Gasteiger partial charge in [0.1, 0.15) is 0 Å². The summed E-state index contributed by atoms with van der Waals surface area (Å²) in [7, 11) is 0. The first-order valence-electron chi connectivity index (χ1n) is 8.50. The normalized spacial score (nSPS) is 10.8. The van der Waals surface area contributed by atoms with Crippen molar-refractivity contribution in [2.45, 2.75) is 31.7 Å². The van der Waals surface area contributed by atoms with Gasteiger partial charge in [-0.1, -0.05) is 53.8 Å². The van der Waals surface area contributed by atoms with E-state index in [1.807, 2.05) is 32.9 Å². The number of carbonyl (C=O) groups is 1. The largest absolute Gasteiger partial charge is 0.310 e. The fourth-order valence-electron chi connectivity index (χ4n) is 2.55. The first-order valence-corrected chi connectivity index (χ1v) is 10.3. The number of hydrogen-bond acceptors (Lipinski definition) is 6. The molecule has 6 nitrogen and oxygen atoms in total. The minimum Gasteiger partial charge on any atom is -0.310 e. The summed E-state index contributed by atoms with van der Waals surface area (Å²) in [6.45, 7) is 6.48. The van der Waals surface area contributed by atoms with Crippen molar-refractivity contribution in [1.29, 1.82) is 0 Å². The van der Waals surface area contributed by atoms with E-state index in [9.17, 15) is 9.59 Å². The number of aromatic nitrogens is 3. The van der Waals surface area contributed by atoms with Gasteiger partial charge < -0.3 is 4.57 Å². The van der Waals surface area contributed by atoms with E-state index in [-0.39, 0.29) is 11.5 Å². The maximum absolute atomic E-state index is 12.5. The lowest BCUT2D eigenvalue weighted by atomic mass is 10.1. The maximum Gasteiger partial charge on any atom is 0.258 e. The van der Waals surface area contributed by atoms with Crippen molar-refractivity contribution in [2.24, 2.45) is 0 Å². The van der Waals surface area contributed by atoms with Crippen LogP contribution in [0.1, 0.15) is 34.0 Å². The Morgan fingerprint density at radius 3 is 2.81 bits per heavy atom. The fourth-order valence-corrected chi connectivity index (χ4v) is 4.20. The van der Waals surface area contributed by atoms with E-state index in [0.29, 0.717) is 17.2 Å². The Hall–Kier alpha value is -2.45. The molecule has 0 aliphatic heterocycles. The van der Waals surface area contributed by atoms with E-state index in [1.165, 1.54) is 23.5 Å². The van der Waals surface area contributed by atoms with Crippen molar-refractivity contribution in [3.05, 3.63) is 69.1 Å². The molecule has 0 fully saturated rings. The van der Waals surface area contributed by atoms with Gasteiger partial charge in [0.25, 0.3) is 11.5 Å². The second kappa shape index (κ2) is 8.49. The number of carbonyl (C=O) groups excluding carboxylic acids is 1. The Kier molecular flexibility index (Phi) is 6.08. The number of nitrogens with one attached hydrogen (secondary N) is 1. The van der Waals surface area contributed by atoms with Crippen LogP contribution in [0.5, 0.6) is 0 Å². The van der Waals surface area contributed by atoms with Crippen LogP contribution < -0.4 is 10.9 Å². The molecule has 3 rings (SSSR count). The molecule has 0 unspecified atom stereocenters. The molecule has 2 aromatic heterocycles. The van der Waals surface area contributed by atoms with Gasteiger partial charge in [-0.05, 0) is 36.8 Å². The summed E-state index contributed by atoms with van der Waals surface area (Å²) in [6.07, 6.45) is 1.59. The van der Waals surface area contributed by atoms with Crippen LogP contribution in [0.4, 0.5) is 5.13 Å². The highest BCUT2D eigenvalue weighted by atomic mass is 32.2. The van der Waals surface area contributed by atoms with Crippen LogP contribution in [0.15, 0.2) is 45.7 Å². The number of hydrogen-bond donors (Lipinski definition) is 1. The Balaban J connectivity index is 1.80. The first kappa shape index (κ1) is 19.3. The average molecular weight is 401 g/mol. The van der Waals surface area contributed by atoms with Crippen LogP contribution in [0.3, 0.4) is 0 Å². The first-order chi connectivity index (χ1) is 13.0. The molecule has 27 heavy (non-hydrogen) atoms. The summed E-state index contributed by atoms with van der Waals surface area (Å²) in [4.78, 5) is 24.8. The van der Waals surface area contributed by atoms with Crippen molar-refractivity contribution in [3.63, 3.8) is 0 Å². The van der Waals surface area contributed by atoms with Gasteiger partial charge in [0.05, 0.1) is 12.1 Å². The number of rotatable bonds is 6. The highest BCUT2D eigenvalue weighted by Crippen LogP contribution is 2.25. The smallest absolute Gasteiger partial charge is 0.258 e. The minimum atomic E-state index is -0.311. The van der Waals surface area contributed by atoms with Crippen molar-refractivity contribution in [3.8, 4) is 0 Å². The van der Waals surface area contributed by atoms with Crippen LogP contribution in [-0.4, -0.2) is 26.4 Å². The molecular weight excluding hydrogens is 380 g/mol. The molecule has 0 spiro atoms. The molecule has 0 saturated heterocycles. The summed E-state index contributed by atoms with van der Waals surface area (Å²) in [5.41, 5.74) is 3.55. The lowest BCUT2D eigenvalue weighted by Crippen LogP contribution is -2.23. The number of pyridine rings is 1.